The molecule has 0 saturated carbocycles. The third-order valence-corrected chi connectivity index (χ3v) is 5.00. The van der Waals surface area contributed by atoms with Crippen LogP contribution in [-0.4, -0.2) is 45.1 Å². The Balaban J connectivity index is 1.69. The summed E-state index contributed by atoms with van der Waals surface area (Å²) in [6.45, 7) is 2.74. The number of carbonyl (C=O) groups is 1. The molecule has 0 bridgehead atoms. The highest BCUT2D eigenvalue weighted by atomic mass is 16.6. The van der Waals surface area contributed by atoms with Crippen LogP contribution in [0.1, 0.15) is 37.8 Å². The first-order chi connectivity index (χ1) is 13.0. The molecule has 2 unspecified atom stereocenters. The molecule has 1 aromatic heterocycles. The molecule has 27 heavy (non-hydrogen) atoms. The van der Waals surface area contributed by atoms with Crippen molar-refractivity contribution in [1.29, 1.82) is 0 Å². The highest BCUT2D eigenvalue weighted by Gasteiger charge is 2.30. The first-order valence-electron chi connectivity index (χ1n) is 9.22. The van der Waals surface area contributed by atoms with Crippen LogP contribution in [0.3, 0.4) is 0 Å². The lowest BCUT2D eigenvalue weighted by Gasteiger charge is -2.35. The molecule has 0 aliphatic carbocycles. The van der Waals surface area contributed by atoms with Gasteiger partial charge in [-0.15, -0.1) is 0 Å². The van der Waals surface area contributed by atoms with Gasteiger partial charge in [0.25, 0.3) is 5.56 Å². The summed E-state index contributed by atoms with van der Waals surface area (Å²) in [5.74, 6) is 0. The number of hydrogen-bond acceptors (Lipinski definition) is 5. The van der Waals surface area contributed by atoms with Gasteiger partial charge in [-0.25, -0.2) is 9.48 Å². The molecule has 2 atom stereocenters. The van der Waals surface area contributed by atoms with Crippen molar-refractivity contribution in [3.8, 4) is 11.3 Å². The number of aryl methyl sites for hydroxylation is 1. The fraction of sp³-hybridized carbons (Fsp3) is 0.450. The number of aliphatic hydroxyl groups is 1. The lowest BCUT2D eigenvalue weighted by atomic mass is 10.0. The minimum atomic E-state index is -0.305. The van der Waals surface area contributed by atoms with Gasteiger partial charge in [-0.1, -0.05) is 24.3 Å². The van der Waals surface area contributed by atoms with Crippen molar-refractivity contribution in [3.63, 3.8) is 0 Å². The van der Waals surface area contributed by atoms with Crippen molar-refractivity contribution in [1.82, 2.24) is 14.7 Å². The molecule has 1 aliphatic rings. The molecule has 1 amide bonds. The number of rotatable bonds is 6. The van der Waals surface area contributed by atoms with E-state index in [1.165, 1.54) is 10.7 Å². The fourth-order valence-electron chi connectivity index (χ4n) is 3.29. The minimum Gasteiger partial charge on any atom is -0.446 e. The summed E-state index contributed by atoms with van der Waals surface area (Å²) in [7, 11) is 1.62. The topological polar surface area (TPSA) is 84.7 Å². The van der Waals surface area contributed by atoms with Crippen molar-refractivity contribution in [2.75, 3.05) is 13.2 Å². The number of cyclic esters (lactones) is 1. The number of carbonyl (C=O) groups excluding carboxylic acids is 1. The number of hydrogen-bond donors (Lipinski definition) is 1. The maximum atomic E-state index is 12.3. The molecule has 3 rings (SSSR count). The van der Waals surface area contributed by atoms with Crippen molar-refractivity contribution >= 4 is 6.09 Å². The summed E-state index contributed by atoms with van der Waals surface area (Å²) >= 11 is 0. The average molecular weight is 371 g/mol. The smallest absolute Gasteiger partial charge is 0.410 e. The molecule has 7 nitrogen and oxygen atoms in total. The number of aromatic nitrogens is 2. The molecule has 1 fully saturated rings. The molecule has 144 valence electrons. The molecular weight excluding hydrogens is 346 g/mol. The van der Waals surface area contributed by atoms with Crippen LogP contribution in [0.25, 0.3) is 11.3 Å². The van der Waals surface area contributed by atoms with Crippen molar-refractivity contribution in [2.45, 2.75) is 38.3 Å². The zero-order valence-corrected chi connectivity index (χ0v) is 15.7. The Morgan fingerprint density at radius 2 is 1.96 bits per heavy atom. The van der Waals surface area contributed by atoms with E-state index in [4.69, 9.17) is 9.84 Å². The Bertz CT molecular complexity index is 847. The minimum absolute atomic E-state index is 0.0987. The number of aliphatic hydroxyl groups excluding tert-OH is 1. The molecule has 0 spiro atoms. The summed E-state index contributed by atoms with van der Waals surface area (Å²) in [5, 5.41) is 13.2. The first-order valence-corrected chi connectivity index (χ1v) is 9.22. The maximum Gasteiger partial charge on any atom is 0.410 e. The SMILES string of the molecule is CC(c1ccc(-c2ccc(=O)n(C)n2)cc1)N1CCC(CCCO)OC1=O. The summed E-state index contributed by atoms with van der Waals surface area (Å²) in [4.78, 5) is 25.5. The van der Waals surface area contributed by atoms with E-state index in [2.05, 4.69) is 5.10 Å². The number of amides is 1. The van der Waals surface area contributed by atoms with E-state index in [1.54, 1.807) is 18.0 Å². The zero-order chi connectivity index (χ0) is 19.4. The van der Waals surface area contributed by atoms with Gasteiger partial charge in [-0.3, -0.25) is 4.79 Å². The Hall–Kier alpha value is -2.67. The normalized spacial score (nSPS) is 18.3. The summed E-state index contributed by atoms with van der Waals surface area (Å²) in [5.41, 5.74) is 2.49. The van der Waals surface area contributed by atoms with Crippen molar-refractivity contribution < 1.29 is 14.6 Å². The van der Waals surface area contributed by atoms with E-state index in [1.807, 2.05) is 31.2 Å². The van der Waals surface area contributed by atoms with Crippen molar-refractivity contribution in [2.24, 2.45) is 7.05 Å². The second-order valence-corrected chi connectivity index (χ2v) is 6.83. The van der Waals surface area contributed by atoms with Crippen LogP contribution in [0.5, 0.6) is 0 Å². The number of ether oxygens (including phenoxy) is 1. The maximum absolute atomic E-state index is 12.3. The number of benzene rings is 1. The van der Waals surface area contributed by atoms with Gasteiger partial charge in [-0.05, 0) is 31.4 Å². The lowest BCUT2D eigenvalue weighted by Crippen LogP contribution is -2.43. The van der Waals surface area contributed by atoms with Gasteiger partial charge in [0.1, 0.15) is 6.10 Å². The second-order valence-electron chi connectivity index (χ2n) is 6.83. The van der Waals surface area contributed by atoms with E-state index in [0.29, 0.717) is 19.4 Å². The third kappa shape index (κ3) is 4.36. The Kier molecular flexibility index (Phi) is 5.91. The third-order valence-electron chi connectivity index (χ3n) is 5.00. The molecule has 2 heterocycles. The molecule has 1 N–H and O–H groups in total. The van der Waals surface area contributed by atoms with Gasteiger partial charge in [0.2, 0.25) is 0 Å². The quantitative estimate of drug-likeness (QED) is 0.843. The van der Waals surface area contributed by atoms with Gasteiger partial charge in [0.15, 0.2) is 0 Å². The van der Waals surface area contributed by atoms with Crippen molar-refractivity contribution in [3.05, 3.63) is 52.3 Å². The first kappa shape index (κ1) is 19.1. The predicted molar refractivity (Wildman–Crippen MR) is 101 cm³/mol. The molecule has 1 aliphatic heterocycles. The molecule has 1 saturated heterocycles. The second kappa shape index (κ2) is 8.35. The van der Waals surface area contributed by atoms with Crippen LogP contribution in [0.15, 0.2) is 41.2 Å². The largest absolute Gasteiger partial charge is 0.446 e. The van der Waals surface area contributed by atoms with Gasteiger partial charge < -0.3 is 14.7 Å². The van der Waals surface area contributed by atoms with Gasteiger partial charge in [-0.2, -0.15) is 5.10 Å². The number of nitrogens with zero attached hydrogens (tertiary/aromatic N) is 3. The van der Waals surface area contributed by atoms with Gasteiger partial charge in [0.05, 0.1) is 11.7 Å². The Labute approximate surface area is 158 Å². The Morgan fingerprint density at radius 3 is 2.59 bits per heavy atom. The molecule has 1 aromatic carbocycles. The summed E-state index contributed by atoms with van der Waals surface area (Å²) < 4.78 is 6.80. The predicted octanol–water partition coefficient (Wildman–Crippen LogP) is 2.49. The standard InChI is InChI=1S/C20H25N3O4/c1-14(23-12-11-17(4-3-13-24)27-20(23)26)15-5-7-16(8-6-15)18-9-10-19(25)22(2)21-18/h5-10,14,17,24H,3-4,11-13H2,1-2H3. The lowest BCUT2D eigenvalue weighted by molar-refractivity contribution is 0.00760. The van der Waals surface area contributed by atoms with E-state index < -0.39 is 0 Å². The zero-order valence-electron chi connectivity index (χ0n) is 15.7. The van der Waals surface area contributed by atoms with Crippen LogP contribution >= 0.6 is 0 Å². The Morgan fingerprint density at radius 1 is 1.22 bits per heavy atom. The molecule has 0 radical (unpaired) electrons. The van der Waals surface area contributed by atoms with Crippen LogP contribution in [0.4, 0.5) is 4.79 Å². The van der Waals surface area contributed by atoms with Gasteiger partial charge >= 0.3 is 6.09 Å². The summed E-state index contributed by atoms with van der Waals surface area (Å²) in [6.07, 6.45) is 1.71. The van der Waals surface area contributed by atoms with Crippen LogP contribution in [0.2, 0.25) is 0 Å². The molecule has 7 heteroatoms. The van der Waals surface area contributed by atoms with Crippen LogP contribution in [-0.2, 0) is 11.8 Å². The van der Waals surface area contributed by atoms with Gasteiger partial charge in [0, 0.05) is 38.2 Å². The average Bonchev–Trinajstić information content (AvgIpc) is 2.68. The monoisotopic (exact) mass is 371 g/mol. The van der Waals surface area contributed by atoms with E-state index in [0.717, 1.165) is 23.2 Å². The van der Waals surface area contributed by atoms with E-state index in [9.17, 15) is 9.59 Å². The van der Waals surface area contributed by atoms with Crippen LogP contribution in [0, 0.1) is 0 Å². The molecular formula is C20H25N3O4. The molecule has 2 aromatic rings. The summed E-state index contributed by atoms with van der Waals surface area (Å²) in [6, 6.07) is 10.9. The van der Waals surface area contributed by atoms with Crippen LogP contribution < -0.4 is 5.56 Å². The fourth-order valence-corrected chi connectivity index (χ4v) is 3.29. The highest BCUT2D eigenvalue weighted by molar-refractivity contribution is 5.69. The van der Waals surface area contributed by atoms with E-state index >= 15 is 0 Å². The highest BCUT2D eigenvalue weighted by Crippen LogP contribution is 2.27. The van der Waals surface area contributed by atoms with E-state index in [-0.39, 0.29) is 30.4 Å².